The van der Waals surface area contributed by atoms with Gasteiger partial charge < -0.3 is 40.8 Å². The summed E-state index contributed by atoms with van der Waals surface area (Å²) in [5.74, 6) is 4.57. The molecule has 6 aromatic rings. The van der Waals surface area contributed by atoms with Crippen LogP contribution in [0.5, 0.6) is 34.5 Å². The van der Waals surface area contributed by atoms with Crippen molar-refractivity contribution < 1.29 is 59.5 Å². The van der Waals surface area contributed by atoms with Crippen LogP contribution in [0.25, 0.3) is 0 Å². The largest absolute Gasteiger partial charge is 1.00 e. The minimum absolute atomic E-state index is 0. The number of para-hydroxylation sites is 2. The van der Waals surface area contributed by atoms with E-state index < -0.39 is 0 Å². The fourth-order valence-corrected chi connectivity index (χ4v) is 7.69. The number of likely N-dealkylation sites (tertiary alicyclic amines) is 1. The van der Waals surface area contributed by atoms with E-state index in [4.69, 9.17) is 18.9 Å². The Morgan fingerprint density at radius 3 is 1.61 bits per heavy atom. The molecule has 0 aromatic heterocycles. The van der Waals surface area contributed by atoms with Gasteiger partial charge in [-0.25, -0.2) is 0 Å². The Morgan fingerprint density at radius 2 is 1.08 bits per heavy atom. The molecule has 10 nitrogen and oxygen atoms in total. The van der Waals surface area contributed by atoms with Gasteiger partial charge in [0.25, 0.3) is 11.8 Å². The summed E-state index contributed by atoms with van der Waals surface area (Å²) < 4.78 is 24.0. The van der Waals surface area contributed by atoms with Crippen LogP contribution in [0, 0.1) is 0 Å². The van der Waals surface area contributed by atoms with Crippen molar-refractivity contribution in [3.63, 3.8) is 0 Å². The molecule has 0 atom stereocenters. The van der Waals surface area contributed by atoms with Gasteiger partial charge in [-0.15, -0.1) is 0 Å². The van der Waals surface area contributed by atoms with Gasteiger partial charge >= 0.3 is 29.6 Å². The number of carbonyl (C=O) groups is 2. The molecule has 342 valence electrons. The minimum atomic E-state index is -0.120. The monoisotopic (exact) mass is 900 g/mol. The van der Waals surface area contributed by atoms with Gasteiger partial charge in [-0.1, -0.05) is 75.0 Å². The second kappa shape index (κ2) is 27.1. The molecule has 11 heteroatoms. The van der Waals surface area contributed by atoms with Crippen LogP contribution >= 0.6 is 0 Å². The smallest absolute Gasteiger partial charge is 1.00 e. The molecule has 0 saturated carbocycles. The zero-order chi connectivity index (χ0) is 44.4. The average Bonchev–Trinajstić information content (AvgIpc) is 3.34. The number of nitrogens with one attached hydrogen (secondary N) is 2. The molecule has 2 fully saturated rings. The maximum atomic E-state index is 13.2. The summed E-state index contributed by atoms with van der Waals surface area (Å²) in [6.45, 7) is 11.1. The van der Waals surface area contributed by atoms with Crippen LogP contribution in [0.1, 0.15) is 80.2 Å². The Bertz CT molecular complexity index is 2340. The Labute approximate surface area is 415 Å². The molecule has 0 radical (unpaired) electrons. The van der Waals surface area contributed by atoms with Crippen molar-refractivity contribution in [2.24, 2.45) is 0 Å². The third-order valence-corrected chi connectivity index (χ3v) is 11.3. The molecule has 2 heterocycles. The summed E-state index contributed by atoms with van der Waals surface area (Å²) in [6, 6.07) is 49.7. The van der Waals surface area contributed by atoms with E-state index in [0.29, 0.717) is 42.3 Å². The second-order valence-corrected chi connectivity index (χ2v) is 16.0. The quantitative estimate of drug-likeness (QED) is 0.0937. The Morgan fingerprint density at radius 1 is 0.606 bits per heavy atom. The number of nitrogens with zero attached hydrogens (tertiary/aromatic N) is 2. The van der Waals surface area contributed by atoms with Crippen LogP contribution in [-0.4, -0.2) is 73.1 Å². The zero-order valence-corrected chi connectivity index (χ0v) is 40.0. The van der Waals surface area contributed by atoms with Gasteiger partial charge in [0.1, 0.15) is 46.7 Å². The molecular weight excluding hydrogens is 836 g/mol. The average molecular weight is 901 g/mol. The summed E-state index contributed by atoms with van der Waals surface area (Å²) in [5, 5.41) is 6.31. The molecule has 0 spiro atoms. The summed E-state index contributed by atoms with van der Waals surface area (Å²) >= 11 is 0. The fraction of sp³-hybridized carbons (Fsp3) is 0.309. The standard InChI is InChI=1S/C29H34N2O3.C25H26N2O3.CH4.Na.H/c1-3-30-19-17-27(18-20-30)34-28-12-8-9-23(21-28)22-31(4-2)29(32)24-13-15-26(16-14-24)33-25-10-6-5-7-11-25;28-25(20-9-11-22(12-10-20)29-21-6-2-1-3-7-21)27-18-19-5-4-8-24(17-19)30-23-13-15-26-16-14-23;;;/h5-16,21,27H,3-4,17-20,22H2,1-2H3;1-12,17,23,26H,13-16,18H2,(H,27,28);1H4;;/q;;;+1;-1. The molecular formula is C55H65N4NaO6. The molecule has 2 aliphatic rings. The first-order valence-corrected chi connectivity index (χ1v) is 22.6. The van der Waals surface area contributed by atoms with Gasteiger partial charge in [0, 0.05) is 43.9 Å². The van der Waals surface area contributed by atoms with Gasteiger partial charge in [-0.3, -0.25) is 9.59 Å². The molecule has 6 aromatic carbocycles. The SMILES string of the molecule is C.CCN1CCC(Oc2cccc(CN(CC)C(=O)c3ccc(Oc4ccccc4)cc3)c2)CC1.O=C(NCc1cccc(OC2CCNCC2)c1)c1ccc(Oc2ccccc2)cc1.[H-].[Na+]. The first-order valence-electron chi connectivity index (χ1n) is 22.6. The minimum Gasteiger partial charge on any atom is -1.00 e. The summed E-state index contributed by atoms with van der Waals surface area (Å²) in [6.07, 6.45) is 4.67. The second-order valence-electron chi connectivity index (χ2n) is 16.0. The summed E-state index contributed by atoms with van der Waals surface area (Å²) in [5.41, 5.74) is 3.33. The maximum Gasteiger partial charge on any atom is 1.00 e. The van der Waals surface area contributed by atoms with Crippen LogP contribution in [0.3, 0.4) is 0 Å². The number of hydrogen-bond acceptors (Lipinski definition) is 8. The van der Waals surface area contributed by atoms with E-state index in [-0.39, 0.29) is 62.4 Å². The topological polar surface area (TPSA) is 102 Å². The molecule has 0 aliphatic carbocycles. The van der Waals surface area contributed by atoms with Crippen LogP contribution in [0.4, 0.5) is 0 Å². The van der Waals surface area contributed by atoms with Crippen molar-refractivity contribution in [3.05, 3.63) is 180 Å². The van der Waals surface area contributed by atoms with Crippen molar-refractivity contribution >= 4 is 11.8 Å². The van der Waals surface area contributed by atoms with Crippen LogP contribution in [0.15, 0.2) is 158 Å². The van der Waals surface area contributed by atoms with Crippen molar-refractivity contribution in [2.45, 2.75) is 72.3 Å². The summed E-state index contributed by atoms with van der Waals surface area (Å²) in [7, 11) is 0. The van der Waals surface area contributed by atoms with Crippen LogP contribution in [0.2, 0.25) is 0 Å². The van der Waals surface area contributed by atoms with E-state index in [2.05, 4.69) is 34.6 Å². The van der Waals surface area contributed by atoms with Gasteiger partial charge in [0.05, 0.1) is 0 Å². The number of piperidine rings is 2. The van der Waals surface area contributed by atoms with Gasteiger partial charge in [0.15, 0.2) is 0 Å². The maximum absolute atomic E-state index is 13.2. The molecule has 0 unspecified atom stereocenters. The predicted octanol–water partition coefficient (Wildman–Crippen LogP) is 8.30. The fourth-order valence-electron chi connectivity index (χ4n) is 7.69. The van der Waals surface area contributed by atoms with Crippen molar-refractivity contribution in [2.75, 3.05) is 39.3 Å². The van der Waals surface area contributed by atoms with E-state index in [0.717, 1.165) is 92.5 Å². The van der Waals surface area contributed by atoms with Crippen molar-refractivity contribution in [3.8, 4) is 34.5 Å². The molecule has 2 aliphatic heterocycles. The van der Waals surface area contributed by atoms with Crippen molar-refractivity contribution in [1.82, 2.24) is 20.4 Å². The third kappa shape index (κ3) is 16.1. The van der Waals surface area contributed by atoms with E-state index in [1.54, 1.807) is 24.3 Å². The van der Waals surface area contributed by atoms with E-state index in [1.165, 1.54) is 0 Å². The normalized spacial score (nSPS) is 13.9. The van der Waals surface area contributed by atoms with Crippen LogP contribution in [-0.2, 0) is 13.1 Å². The first-order chi connectivity index (χ1) is 31.4. The van der Waals surface area contributed by atoms with Crippen LogP contribution < -0.4 is 59.1 Å². The number of hydrogen-bond donors (Lipinski definition) is 2. The number of benzene rings is 6. The molecule has 2 N–H and O–H groups in total. The Hall–Kier alpha value is -5.62. The van der Waals surface area contributed by atoms with Gasteiger partial charge in [0.2, 0.25) is 0 Å². The molecule has 0 bridgehead atoms. The number of ether oxygens (including phenoxy) is 4. The molecule has 2 saturated heterocycles. The number of carbonyl (C=O) groups excluding carboxylic acids is 2. The van der Waals surface area contributed by atoms with E-state index in [9.17, 15) is 9.59 Å². The molecule has 2 amide bonds. The zero-order valence-electron chi connectivity index (χ0n) is 39.0. The predicted molar refractivity (Wildman–Crippen MR) is 261 cm³/mol. The molecule has 66 heavy (non-hydrogen) atoms. The number of amides is 2. The summed E-state index contributed by atoms with van der Waals surface area (Å²) in [4.78, 5) is 30.0. The van der Waals surface area contributed by atoms with Gasteiger partial charge in [-0.2, -0.15) is 0 Å². The Kier molecular flexibility index (Phi) is 21.1. The number of rotatable bonds is 16. The van der Waals surface area contributed by atoms with E-state index >= 15 is 0 Å². The molecule has 8 rings (SSSR count). The van der Waals surface area contributed by atoms with E-state index in [1.807, 2.05) is 133 Å². The van der Waals surface area contributed by atoms with Gasteiger partial charge in [-0.05, 0) is 160 Å². The first kappa shape index (κ1) is 51.4. The van der Waals surface area contributed by atoms with Crippen molar-refractivity contribution in [1.29, 1.82) is 0 Å². The Balaban J connectivity index is 0.000000282. The third-order valence-electron chi connectivity index (χ3n) is 11.3.